The first-order valence-corrected chi connectivity index (χ1v) is 7.16. The molecule has 0 saturated heterocycles. The lowest BCUT2D eigenvalue weighted by Crippen LogP contribution is -2.48. The molecule has 0 aliphatic rings. The van der Waals surface area contributed by atoms with Crippen LogP contribution in [0.3, 0.4) is 0 Å². The first-order valence-electron chi connectivity index (χ1n) is 7.16. The summed E-state index contributed by atoms with van der Waals surface area (Å²) >= 11 is 0. The van der Waals surface area contributed by atoms with Gasteiger partial charge in [-0.05, 0) is 32.7 Å². The summed E-state index contributed by atoms with van der Waals surface area (Å²) < 4.78 is 5.23. The largest absolute Gasteiger partial charge is 0.383 e. The lowest BCUT2D eigenvalue weighted by molar-refractivity contribution is 0.0853. The Morgan fingerprint density at radius 1 is 1.18 bits per heavy atom. The molecule has 0 amide bonds. The number of rotatable bonds is 11. The van der Waals surface area contributed by atoms with Gasteiger partial charge in [-0.25, -0.2) is 0 Å². The van der Waals surface area contributed by atoms with Gasteiger partial charge in [0.25, 0.3) is 0 Å². The van der Waals surface area contributed by atoms with Crippen molar-refractivity contribution in [2.45, 2.75) is 59.0 Å². The van der Waals surface area contributed by atoms with Crippen LogP contribution in [0.2, 0.25) is 0 Å². The molecule has 0 aromatic carbocycles. The van der Waals surface area contributed by atoms with Crippen molar-refractivity contribution < 1.29 is 4.74 Å². The van der Waals surface area contributed by atoms with E-state index < -0.39 is 0 Å². The highest BCUT2D eigenvalue weighted by molar-refractivity contribution is 4.77. The van der Waals surface area contributed by atoms with E-state index in [0.717, 1.165) is 26.2 Å². The molecule has 0 radical (unpaired) electrons. The third kappa shape index (κ3) is 7.02. The normalized spacial score (nSPS) is 15.2. The molecule has 0 aliphatic carbocycles. The van der Waals surface area contributed by atoms with E-state index in [2.05, 4.69) is 37.9 Å². The molecule has 2 unspecified atom stereocenters. The Balaban J connectivity index is 4.26. The van der Waals surface area contributed by atoms with Gasteiger partial charge in [-0.1, -0.05) is 20.8 Å². The van der Waals surface area contributed by atoms with E-state index in [1.165, 1.54) is 19.3 Å². The highest BCUT2D eigenvalue weighted by Crippen LogP contribution is 2.11. The Labute approximate surface area is 108 Å². The summed E-state index contributed by atoms with van der Waals surface area (Å²) in [5.74, 6) is 0. The van der Waals surface area contributed by atoms with Gasteiger partial charge >= 0.3 is 0 Å². The molecule has 0 heterocycles. The fourth-order valence-electron chi connectivity index (χ4n) is 2.14. The van der Waals surface area contributed by atoms with Crippen LogP contribution in [0, 0.1) is 0 Å². The second-order valence-corrected chi connectivity index (χ2v) is 4.75. The van der Waals surface area contributed by atoms with Gasteiger partial charge in [-0.15, -0.1) is 0 Å². The number of nitrogens with zero attached hydrogens (tertiary/aromatic N) is 1. The summed E-state index contributed by atoms with van der Waals surface area (Å²) in [7, 11) is 1.78. The maximum absolute atomic E-state index is 5.23. The summed E-state index contributed by atoms with van der Waals surface area (Å²) in [5.41, 5.74) is 0. The van der Waals surface area contributed by atoms with Gasteiger partial charge in [0, 0.05) is 32.3 Å². The molecule has 104 valence electrons. The lowest BCUT2D eigenvalue weighted by atomic mass is 10.1. The van der Waals surface area contributed by atoms with Gasteiger partial charge < -0.3 is 10.1 Å². The Morgan fingerprint density at radius 3 is 2.35 bits per heavy atom. The van der Waals surface area contributed by atoms with E-state index in [1.54, 1.807) is 7.11 Å². The number of methoxy groups -OCH3 is 1. The second-order valence-electron chi connectivity index (χ2n) is 4.75. The summed E-state index contributed by atoms with van der Waals surface area (Å²) in [6.45, 7) is 13.2. The van der Waals surface area contributed by atoms with Crippen LogP contribution in [0.4, 0.5) is 0 Å². The molecule has 0 aliphatic heterocycles. The number of ether oxygens (including phenoxy) is 1. The minimum absolute atomic E-state index is 0.631. The minimum Gasteiger partial charge on any atom is -0.383 e. The van der Waals surface area contributed by atoms with E-state index in [1.807, 2.05) is 0 Å². The maximum Gasteiger partial charge on any atom is 0.0589 e. The minimum atomic E-state index is 0.631. The van der Waals surface area contributed by atoms with E-state index in [-0.39, 0.29) is 0 Å². The second kappa shape index (κ2) is 11.0. The standard InChI is InChI=1S/C14H32N2O/c1-6-9-15-12-14(8-3)16(10-11-17-5)13(4)7-2/h13-15H,6-12H2,1-5H3. The van der Waals surface area contributed by atoms with Crippen LogP contribution in [-0.4, -0.2) is 50.3 Å². The topological polar surface area (TPSA) is 24.5 Å². The van der Waals surface area contributed by atoms with Gasteiger partial charge in [-0.2, -0.15) is 0 Å². The molecule has 0 spiro atoms. The van der Waals surface area contributed by atoms with Crippen molar-refractivity contribution in [2.75, 3.05) is 33.4 Å². The molecule has 3 nitrogen and oxygen atoms in total. The maximum atomic E-state index is 5.23. The van der Waals surface area contributed by atoms with Gasteiger partial charge in [-0.3, -0.25) is 4.90 Å². The van der Waals surface area contributed by atoms with E-state index in [0.29, 0.717) is 12.1 Å². The average Bonchev–Trinajstić information content (AvgIpc) is 2.36. The van der Waals surface area contributed by atoms with Crippen LogP contribution in [0.5, 0.6) is 0 Å². The Morgan fingerprint density at radius 2 is 1.88 bits per heavy atom. The van der Waals surface area contributed by atoms with Gasteiger partial charge in [0.05, 0.1) is 6.61 Å². The zero-order valence-corrected chi connectivity index (χ0v) is 12.5. The lowest BCUT2D eigenvalue weighted by Gasteiger charge is -2.36. The molecule has 3 heteroatoms. The van der Waals surface area contributed by atoms with E-state index in [4.69, 9.17) is 4.74 Å². The third-order valence-corrected chi connectivity index (χ3v) is 3.46. The van der Waals surface area contributed by atoms with Gasteiger partial charge in [0.1, 0.15) is 0 Å². The molecule has 1 N–H and O–H groups in total. The molecule has 2 atom stereocenters. The van der Waals surface area contributed by atoms with E-state index >= 15 is 0 Å². The molecular weight excluding hydrogens is 212 g/mol. The van der Waals surface area contributed by atoms with Crippen LogP contribution < -0.4 is 5.32 Å². The quantitative estimate of drug-likeness (QED) is 0.565. The predicted molar refractivity (Wildman–Crippen MR) is 75.6 cm³/mol. The number of hydrogen-bond acceptors (Lipinski definition) is 3. The SMILES string of the molecule is CCCNCC(CC)N(CCOC)C(C)CC. The van der Waals surface area contributed by atoms with Crippen molar-refractivity contribution in [3.05, 3.63) is 0 Å². The molecule has 0 aromatic heterocycles. The zero-order valence-electron chi connectivity index (χ0n) is 12.5. The van der Waals surface area contributed by atoms with Crippen molar-refractivity contribution in [3.8, 4) is 0 Å². The molecule has 0 aromatic rings. The highest BCUT2D eigenvalue weighted by Gasteiger charge is 2.20. The molecule has 0 bridgehead atoms. The summed E-state index contributed by atoms with van der Waals surface area (Å²) in [5, 5.41) is 3.54. The number of nitrogens with one attached hydrogen (secondary N) is 1. The van der Waals surface area contributed by atoms with Crippen molar-refractivity contribution in [3.63, 3.8) is 0 Å². The first kappa shape index (κ1) is 16.9. The monoisotopic (exact) mass is 244 g/mol. The van der Waals surface area contributed by atoms with Crippen LogP contribution in [0.25, 0.3) is 0 Å². The summed E-state index contributed by atoms with van der Waals surface area (Å²) in [6, 6.07) is 1.27. The van der Waals surface area contributed by atoms with Crippen molar-refractivity contribution in [2.24, 2.45) is 0 Å². The third-order valence-electron chi connectivity index (χ3n) is 3.46. The van der Waals surface area contributed by atoms with Crippen LogP contribution in [0.15, 0.2) is 0 Å². The Bertz CT molecular complexity index is 164. The van der Waals surface area contributed by atoms with Crippen molar-refractivity contribution >= 4 is 0 Å². The van der Waals surface area contributed by atoms with Gasteiger partial charge in [0.2, 0.25) is 0 Å². The summed E-state index contributed by atoms with van der Waals surface area (Å²) in [4.78, 5) is 2.59. The smallest absolute Gasteiger partial charge is 0.0589 e. The molecular formula is C14H32N2O. The van der Waals surface area contributed by atoms with Crippen LogP contribution in [-0.2, 0) is 4.74 Å². The highest BCUT2D eigenvalue weighted by atomic mass is 16.5. The fourth-order valence-corrected chi connectivity index (χ4v) is 2.14. The van der Waals surface area contributed by atoms with E-state index in [9.17, 15) is 0 Å². The molecule has 17 heavy (non-hydrogen) atoms. The zero-order chi connectivity index (χ0) is 13.1. The van der Waals surface area contributed by atoms with Crippen LogP contribution in [0.1, 0.15) is 47.0 Å². The number of hydrogen-bond donors (Lipinski definition) is 1. The van der Waals surface area contributed by atoms with Crippen molar-refractivity contribution in [1.29, 1.82) is 0 Å². The molecule has 0 fully saturated rings. The average molecular weight is 244 g/mol. The summed E-state index contributed by atoms with van der Waals surface area (Å²) in [6.07, 6.45) is 3.61. The predicted octanol–water partition coefficient (Wildman–Crippen LogP) is 2.51. The van der Waals surface area contributed by atoms with Gasteiger partial charge in [0.15, 0.2) is 0 Å². The first-order chi connectivity index (χ1) is 8.21. The fraction of sp³-hybridized carbons (Fsp3) is 1.00. The van der Waals surface area contributed by atoms with Crippen molar-refractivity contribution in [1.82, 2.24) is 10.2 Å². The van der Waals surface area contributed by atoms with Crippen LogP contribution >= 0.6 is 0 Å². The molecule has 0 saturated carbocycles. The molecule has 0 rings (SSSR count). The Kier molecular flexibility index (Phi) is 10.9. The Hall–Kier alpha value is -0.120.